The van der Waals surface area contributed by atoms with Crippen LogP contribution in [-0.2, 0) is 0 Å². The van der Waals surface area contributed by atoms with E-state index < -0.39 is 0 Å². The normalized spacial score (nSPS) is 15.8. The lowest BCUT2D eigenvalue weighted by atomic mass is 10.1. The Morgan fingerprint density at radius 1 is 1.09 bits per heavy atom. The summed E-state index contributed by atoms with van der Waals surface area (Å²) in [4.78, 5) is 23.0. The Bertz CT molecular complexity index is 1050. The van der Waals surface area contributed by atoms with Gasteiger partial charge in [-0.3, -0.25) is 14.9 Å². The van der Waals surface area contributed by atoms with Gasteiger partial charge in [0.25, 0.3) is 5.91 Å². The van der Waals surface area contributed by atoms with Crippen LogP contribution < -0.4 is 18.9 Å². The van der Waals surface area contributed by atoms with E-state index in [-0.39, 0.29) is 12.0 Å². The van der Waals surface area contributed by atoms with E-state index in [1.807, 2.05) is 0 Å². The van der Waals surface area contributed by atoms with Crippen LogP contribution in [0.5, 0.6) is 23.1 Å². The third-order valence-electron chi connectivity index (χ3n) is 5.26. The van der Waals surface area contributed by atoms with Gasteiger partial charge < -0.3 is 23.8 Å². The third-order valence-corrected chi connectivity index (χ3v) is 5.26. The summed E-state index contributed by atoms with van der Waals surface area (Å²) in [7, 11) is 4.65. The number of methoxy groups -OCH3 is 3. The summed E-state index contributed by atoms with van der Waals surface area (Å²) in [6.45, 7) is 1.12. The van der Waals surface area contributed by atoms with Crippen LogP contribution in [0.25, 0.3) is 11.3 Å². The maximum atomic E-state index is 13.1. The van der Waals surface area contributed by atoms with Gasteiger partial charge in [0.1, 0.15) is 11.8 Å². The molecule has 10 heteroatoms. The molecular weight excluding hydrogens is 414 g/mol. The van der Waals surface area contributed by atoms with E-state index in [0.717, 1.165) is 18.4 Å². The summed E-state index contributed by atoms with van der Waals surface area (Å²) >= 11 is 0. The fraction of sp³-hybridized carbons (Fsp3) is 0.364. The molecule has 3 aromatic rings. The third kappa shape index (κ3) is 4.43. The van der Waals surface area contributed by atoms with E-state index in [9.17, 15) is 4.79 Å². The SMILES string of the molecule is COc1cc(-c2cc(C(=O)N3CCCC(Oc4cnccn4)C3)[nH]n2)cc(OC)c1OC. The van der Waals surface area contributed by atoms with Crippen molar-refractivity contribution in [2.45, 2.75) is 18.9 Å². The molecule has 3 heterocycles. The van der Waals surface area contributed by atoms with E-state index in [1.54, 1.807) is 63.0 Å². The Morgan fingerprint density at radius 3 is 2.53 bits per heavy atom. The lowest BCUT2D eigenvalue weighted by molar-refractivity contribution is 0.0521. The fourth-order valence-electron chi connectivity index (χ4n) is 3.71. The smallest absolute Gasteiger partial charge is 0.272 e. The number of piperidine rings is 1. The highest BCUT2D eigenvalue weighted by Crippen LogP contribution is 2.40. The zero-order chi connectivity index (χ0) is 22.5. The second kappa shape index (κ2) is 9.54. The van der Waals surface area contributed by atoms with Crippen molar-refractivity contribution in [3.8, 4) is 34.4 Å². The number of hydrogen-bond acceptors (Lipinski definition) is 8. The van der Waals surface area contributed by atoms with Crippen molar-refractivity contribution in [2.75, 3.05) is 34.4 Å². The predicted octanol–water partition coefficient (Wildman–Crippen LogP) is 2.58. The Hall–Kier alpha value is -3.82. The Balaban J connectivity index is 1.50. The quantitative estimate of drug-likeness (QED) is 0.598. The fourth-order valence-corrected chi connectivity index (χ4v) is 3.71. The first-order valence-electron chi connectivity index (χ1n) is 10.2. The van der Waals surface area contributed by atoms with Crippen molar-refractivity contribution >= 4 is 5.91 Å². The molecule has 1 atom stereocenters. The molecular formula is C22H25N5O5. The van der Waals surface area contributed by atoms with Gasteiger partial charge in [0.05, 0.1) is 39.8 Å². The number of aromatic nitrogens is 4. The summed E-state index contributed by atoms with van der Waals surface area (Å²) in [5.74, 6) is 1.84. The molecule has 0 spiro atoms. The Labute approximate surface area is 185 Å². The summed E-state index contributed by atoms with van der Waals surface area (Å²) in [5.41, 5.74) is 1.73. The van der Waals surface area contributed by atoms with Gasteiger partial charge in [-0.25, -0.2) is 4.98 Å². The van der Waals surface area contributed by atoms with Crippen molar-refractivity contribution in [1.29, 1.82) is 0 Å². The van der Waals surface area contributed by atoms with Crippen molar-refractivity contribution in [3.05, 3.63) is 42.5 Å². The largest absolute Gasteiger partial charge is 0.493 e. The van der Waals surface area contributed by atoms with Gasteiger partial charge >= 0.3 is 0 Å². The highest BCUT2D eigenvalue weighted by molar-refractivity contribution is 5.93. The molecule has 10 nitrogen and oxygen atoms in total. The van der Waals surface area contributed by atoms with Gasteiger partial charge in [-0.15, -0.1) is 0 Å². The van der Waals surface area contributed by atoms with Crippen LogP contribution >= 0.6 is 0 Å². The number of benzene rings is 1. The van der Waals surface area contributed by atoms with Crippen LogP contribution in [-0.4, -0.2) is 71.5 Å². The lowest BCUT2D eigenvalue weighted by Gasteiger charge is -2.32. The molecule has 4 rings (SSSR count). The van der Waals surface area contributed by atoms with Crippen LogP contribution in [0.4, 0.5) is 0 Å². The molecule has 0 aliphatic carbocycles. The van der Waals surface area contributed by atoms with Gasteiger partial charge in [-0.1, -0.05) is 0 Å². The van der Waals surface area contributed by atoms with Gasteiger partial charge in [0.15, 0.2) is 11.5 Å². The number of carbonyl (C=O) groups is 1. The highest BCUT2D eigenvalue weighted by atomic mass is 16.5. The number of H-pyrrole nitrogens is 1. The minimum atomic E-state index is -0.137. The standard InChI is InChI=1S/C22H25N5O5/c1-29-18-9-14(10-19(30-2)21(18)31-3)16-11-17(26-25-16)22(28)27-8-4-5-15(13-27)32-20-12-23-6-7-24-20/h6-7,9-12,15H,4-5,8,13H2,1-3H3,(H,25,26). The molecule has 2 aromatic heterocycles. The number of hydrogen-bond donors (Lipinski definition) is 1. The summed E-state index contributed by atoms with van der Waals surface area (Å²) in [5, 5.41) is 7.17. The lowest BCUT2D eigenvalue weighted by Crippen LogP contribution is -2.44. The maximum absolute atomic E-state index is 13.1. The molecule has 1 amide bonds. The molecule has 1 aromatic carbocycles. The molecule has 0 radical (unpaired) electrons. The van der Waals surface area contributed by atoms with Crippen LogP contribution in [0.15, 0.2) is 36.8 Å². The van der Waals surface area contributed by atoms with E-state index >= 15 is 0 Å². The van der Waals surface area contributed by atoms with E-state index in [0.29, 0.717) is 47.6 Å². The molecule has 1 aliphatic heterocycles. The minimum Gasteiger partial charge on any atom is -0.493 e. The molecule has 168 valence electrons. The van der Waals surface area contributed by atoms with Crippen LogP contribution in [0, 0.1) is 0 Å². The van der Waals surface area contributed by atoms with Crippen molar-refractivity contribution < 1.29 is 23.7 Å². The zero-order valence-electron chi connectivity index (χ0n) is 18.2. The zero-order valence-corrected chi connectivity index (χ0v) is 18.2. The maximum Gasteiger partial charge on any atom is 0.272 e. The average molecular weight is 439 g/mol. The second-order valence-corrected chi connectivity index (χ2v) is 7.26. The first-order valence-corrected chi connectivity index (χ1v) is 10.2. The topological polar surface area (TPSA) is 112 Å². The second-order valence-electron chi connectivity index (χ2n) is 7.26. The number of nitrogens with zero attached hydrogens (tertiary/aromatic N) is 4. The van der Waals surface area contributed by atoms with Crippen LogP contribution in [0.2, 0.25) is 0 Å². The van der Waals surface area contributed by atoms with Gasteiger partial charge in [-0.05, 0) is 31.0 Å². The molecule has 1 saturated heterocycles. The van der Waals surface area contributed by atoms with Gasteiger partial charge in [0.2, 0.25) is 11.6 Å². The number of ether oxygens (including phenoxy) is 4. The molecule has 32 heavy (non-hydrogen) atoms. The van der Waals surface area contributed by atoms with Crippen molar-refractivity contribution in [3.63, 3.8) is 0 Å². The summed E-state index contributed by atoms with van der Waals surface area (Å²) in [6.07, 6.45) is 6.29. The molecule has 0 saturated carbocycles. The molecule has 1 unspecified atom stereocenters. The Kier molecular flexibility index (Phi) is 6.39. The minimum absolute atomic E-state index is 0.136. The first-order chi connectivity index (χ1) is 15.6. The number of aromatic amines is 1. The van der Waals surface area contributed by atoms with Crippen LogP contribution in [0.3, 0.4) is 0 Å². The van der Waals surface area contributed by atoms with Crippen molar-refractivity contribution in [1.82, 2.24) is 25.1 Å². The number of likely N-dealkylation sites (tertiary alicyclic amines) is 1. The Morgan fingerprint density at radius 2 is 1.88 bits per heavy atom. The first kappa shape index (κ1) is 21.4. The number of amides is 1. The van der Waals surface area contributed by atoms with Crippen LogP contribution in [0.1, 0.15) is 23.3 Å². The predicted molar refractivity (Wildman–Crippen MR) is 115 cm³/mol. The van der Waals surface area contributed by atoms with Crippen molar-refractivity contribution in [2.24, 2.45) is 0 Å². The molecule has 1 fully saturated rings. The molecule has 1 N–H and O–H groups in total. The van der Waals surface area contributed by atoms with Gasteiger partial charge in [0, 0.05) is 24.5 Å². The van der Waals surface area contributed by atoms with Gasteiger partial charge in [-0.2, -0.15) is 5.10 Å². The van der Waals surface area contributed by atoms with E-state index in [2.05, 4.69) is 20.2 Å². The van der Waals surface area contributed by atoms with E-state index in [4.69, 9.17) is 18.9 Å². The monoisotopic (exact) mass is 439 g/mol. The number of carbonyl (C=O) groups excluding carboxylic acids is 1. The summed E-state index contributed by atoms with van der Waals surface area (Å²) < 4.78 is 22.1. The number of rotatable bonds is 7. The highest BCUT2D eigenvalue weighted by Gasteiger charge is 2.27. The molecule has 0 bridgehead atoms. The molecule has 1 aliphatic rings. The van der Waals surface area contributed by atoms with E-state index in [1.165, 1.54) is 0 Å². The summed E-state index contributed by atoms with van der Waals surface area (Å²) in [6, 6.07) is 5.30. The average Bonchev–Trinajstić information content (AvgIpc) is 3.33. The number of nitrogens with one attached hydrogen (secondary N) is 1.